The summed E-state index contributed by atoms with van der Waals surface area (Å²) in [6.07, 6.45) is 3.97. The molecule has 0 radical (unpaired) electrons. The maximum absolute atomic E-state index is 5.39. The van der Waals surface area contributed by atoms with Gasteiger partial charge in [0.1, 0.15) is 0 Å². The van der Waals surface area contributed by atoms with E-state index in [4.69, 9.17) is 5.73 Å². The number of allylic oxidation sites excluding steroid dienone is 1. The van der Waals surface area contributed by atoms with Crippen molar-refractivity contribution in [1.82, 2.24) is 0 Å². The fraction of sp³-hybridized carbons (Fsp3) is 0.714. The number of rotatable bonds is 2. The summed E-state index contributed by atoms with van der Waals surface area (Å²) in [6, 6.07) is 0. The van der Waals surface area contributed by atoms with Crippen molar-refractivity contribution in [3.63, 3.8) is 0 Å². The van der Waals surface area contributed by atoms with Crippen LogP contribution in [-0.2, 0) is 0 Å². The van der Waals surface area contributed by atoms with Crippen molar-refractivity contribution in [3.05, 3.63) is 11.1 Å². The zero-order valence-electron chi connectivity index (χ0n) is 4.98. The Morgan fingerprint density at radius 1 is 1.50 bits per heavy atom. The minimum Gasteiger partial charge on any atom is -0.330 e. The minimum atomic E-state index is 0.853. The molecule has 1 saturated carbocycles. The highest BCUT2D eigenvalue weighted by Crippen LogP contribution is 2.55. The monoisotopic (exact) mass is 109 g/mol. The summed E-state index contributed by atoms with van der Waals surface area (Å²) in [6.45, 7) is 0.853. The molecule has 1 atom stereocenters. The van der Waals surface area contributed by atoms with Crippen molar-refractivity contribution in [2.24, 2.45) is 11.7 Å². The van der Waals surface area contributed by atoms with Gasteiger partial charge < -0.3 is 5.73 Å². The summed E-state index contributed by atoms with van der Waals surface area (Å²) >= 11 is 0. The lowest BCUT2D eigenvalue weighted by atomic mass is 9.96. The molecule has 0 aromatic carbocycles. The minimum absolute atomic E-state index is 0.853. The SMILES string of the molecule is NCCC1=C2CC2C1. The third-order valence-electron chi connectivity index (χ3n) is 2.19. The first kappa shape index (κ1) is 4.57. The fourth-order valence-electron chi connectivity index (χ4n) is 1.57. The van der Waals surface area contributed by atoms with Gasteiger partial charge in [-0.1, -0.05) is 11.1 Å². The van der Waals surface area contributed by atoms with Crippen LogP contribution in [0, 0.1) is 5.92 Å². The van der Waals surface area contributed by atoms with Gasteiger partial charge in [-0.2, -0.15) is 0 Å². The Morgan fingerprint density at radius 2 is 2.38 bits per heavy atom. The molecular weight excluding hydrogens is 98.1 g/mol. The lowest BCUT2D eigenvalue weighted by molar-refractivity contribution is 0.735. The lowest BCUT2D eigenvalue weighted by Gasteiger charge is -2.10. The average Bonchev–Trinajstić information content (AvgIpc) is 2.36. The molecule has 0 saturated heterocycles. The highest BCUT2D eigenvalue weighted by molar-refractivity contribution is 5.41. The highest BCUT2D eigenvalue weighted by Gasteiger charge is 2.40. The van der Waals surface area contributed by atoms with Gasteiger partial charge in [0, 0.05) is 0 Å². The molecule has 0 aromatic rings. The molecule has 44 valence electrons. The molecular formula is C7H11N. The van der Waals surface area contributed by atoms with Crippen LogP contribution in [0.2, 0.25) is 0 Å². The molecule has 0 aromatic heterocycles. The quantitative estimate of drug-likeness (QED) is 0.527. The second kappa shape index (κ2) is 1.35. The first-order chi connectivity index (χ1) is 3.92. The van der Waals surface area contributed by atoms with Crippen LogP contribution in [0.3, 0.4) is 0 Å². The van der Waals surface area contributed by atoms with E-state index in [-0.39, 0.29) is 0 Å². The third-order valence-corrected chi connectivity index (χ3v) is 2.19. The Hall–Kier alpha value is -0.300. The van der Waals surface area contributed by atoms with Gasteiger partial charge in [-0.25, -0.2) is 0 Å². The van der Waals surface area contributed by atoms with Crippen LogP contribution in [-0.4, -0.2) is 6.54 Å². The third kappa shape index (κ3) is 0.451. The predicted molar refractivity (Wildman–Crippen MR) is 33.4 cm³/mol. The van der Waals surface area contributed by atoms with Crippen LogP contribution in [0.4, 0.5) is 0 Å². The molecule has 1 nitrogen and oxygen atoms in total. The zero-order chi connectivity index (χ0) is 5.56. The van der Waals surface area contributed by atoms with Crippen molar-refractivity contribution < 1.29 is 0 Å². The first-order valence-electron chi connectivity index (χ1n) is 3.32. The van der Waals surface area contributed by atoms with Crippen molar-refractivity contribution in [2.45, 2.75) is 19.3 Å². The van der Waals surface area contributed by atoms with Gasteiger partial charge in [0.15, 0.2) is 0 Å². The average molecular weight is 109 g/mol. The van der Waals surface area contributed by atoms with E-state index in [1.54, 1.807) is 11.1 Å². The van der Waals surface area contributed by atoms with E-state index in [0.29, 0.717) is 0 Å². The highest BCUT2D eigenvalue weighted by atomic mass is 14.5. The molecule has 8 heavy (non-hydrogen) atoms. The largest absolute Gasteiger partial charge is 0.330 e. The number of hydrogen-bond donors (Lipinski definition) is 1. The Bertz CT molecular complexity index is 146. The van der Waals surface area contributed by atoms with Gasteiger partial charge in [-0.05, 0) is 31.7 Å². The summed E-state index contributed by atoms with van der Waals surface area (Å²) in [4.78, 5) is 0. The van der Waals surface area contributed by atoms with Crippen LogP contribution in [0.1, 0.15) is 19.3 Å². The van der Waals surface area contributed by atoms with Gasteiger partial charge in [-0.15, -0.1) is 0 Å². The van der Waals surface area contributed by atoms with E-state index in [9.17, 15) is 0 Å². The van der Waals surface area contributed by atoms with Gasteiger partial charge in [-0.3, -0.25) is 0 Å². The molecule has 2 aliphatic rings. The summed E-state index contributed by atoms with van der Waals surface area (Å²) in [5, 5.41) is 0. The van der Waals surface area contributed by atoms with Crippen LogP contribution in [0.5, 0.6) is 0 Å². The number of nitrogens with two attached hydrogens (primary N) is 1. The van der Waals surface area contributed by atoms with Crippen molar-refractivity contribution in [2.75, 3.05) is 6.54 Å². The van der Waals surface area contributed by atoms with E-state index in [2.05, 4.69) is 0 Å². The topological polar surface area (TPSA) is 26.0 Å². The van der Waals surface area contributed by atoms with Crippen LogP contribution in [0.25, 0.3) is 0 Å². The maximum atomic E-state index is 5.39. The molecule has 0 aliphatic heterocycles. The molecule has 0 heterocycles. The number of fused-ring (bicyclic) bond motifs is 1. The van der Waals surface area contributed by atoms with Crippen LogP contribution in [0.15, 0.2) is 11.1 Å². The molecule has 2 aliphatic carbocycles. The van der Waals surface area contributed by atoms with E-state index < -0.39 is 0 Å². The molecule has 0 amide bonds. The Balaban J connectivity index is 1.99. The van der Waals surface area contributed by atoms with Gasteiger partial charge in [0.25, 0.3) is 0 Å². The molecule has 1 heteroatoms. The van der Waals surface area contributed by atoms with E-state index in [0.717, 1.165) is 12.5 Å². The van der Waals surface area contributed by atoms with Crippen molar-refractivity contribution >= 4 is 0 Å². The summed E-state index contributed by atoms with van der Waals surface area (Å²) in [7, 11) is 0. The molecule has 1 unspecified atom stereocenters. The fourth-order valence-corrected chi connectivity index (χ4v) is 1.57. The molecule has 2 rings (SSSR count). The Morgan fingerprint density at radius 3 is 2.75 bits per heavy atom. The van der Waals surface area contributed by atoms with E-state index in [1.165, 1.54) is 19.3 Å². The predicted octanol–water partition coefficient (Wildman–Crippen LogP) is 1.06. The zero-order valence-corrected chi connectivity index (χ0v) is 4.98. The molecule has 0 spiro atoms. The van der Waals surface area contributed by atoms with Gasteiger partial charge in [0.2, 0.25) is 0 Å². The summed E-state index contributed by atoms with van der Waals surface area (Å²) in [5.41, 5.74) is 8.81. The normalized spacial score (nSPS) is 31.9. The molecule has 2 N–H and O–H groups in total. The van der Waals surface area contributed by atoms with Crippen molar-refractivity contribution in [3.8, 4) is 0 Å². The standard InChI is InChI=1S/C7H11N/c8-2-1-5-3-6-4-7(5)6/h6H,1-4,8H2. The smallest absolute Gasteiger partial charge is 0.00398 e. The van der Waals surface area contributed by atoms with Crippen LogP contribution < -0.4 is 5.73 Å². The van der Waals surface area contributed by atoms with E-state index >= 15 is 0 Å². The Labute approximate surface area is 49.6 Å². The second-order valence-corrected chi connectivity index (χ2v) is 2.77. The summed E-state index contributed by atoms with van der Waals surface area (Å²) < 4.78 is 0. The van der Waals surface area contributed by atoms with E-state index in [1.807, 2.05) is 0 Å². The van der Waals surface area contributed by atoms with Gasteiger partial charge in [0.05, 0.1) is 0 Å². The Kier molecular flexibility index (Phi) is 0.770. The van der Waals surface area contributed by atoms with Crippen LogP contribution >= 0.6 is 0 Å². The number of hydrogen-bond acceptors (Lipinski definition) is 1. The van der Waals surface area contributed by atoms with Gasteiger partial charge >= 0.3 is 0 Å². The lowest BCUT2D eigenvalue weighted by Crippen LogP contribution is -2.04. The van der Waals surface area contributed by atoms with Crippen molar-refractivity contribution in [1.29, 1.82) is 0 Å². The summed E-state index contributed by atoms with van der Waals surface area (Å²) in [5.74, 6) is 1.04. The molecule has 0 bridgehead atoms. The maximum Gasteiger partial charge on any atom is -0.00398 e. The molecule has 1 fully saturated rings. The second-order valence-electron chi connectivity index (χ2n) is 2.77. The first-order valence-corrected chi connectivity index (χ1v) is 3.32.